The molecule has 0 aliphatic carbocycles. The van der Waals surface area contributed by atoms with E-state index in [0.29, 0.717) is 38.9 Å². The minimum Gasteiger partial charge on any atom is -0.478 e. The topological polar surface area (TPSA) is 72.2 Å². The molecule has 136 valence electrons. The van der Waals surface area contributed by atoms with Gasteiger partial charge in [0.2, 0.25) is 0 Å². The number of hydrogen-bond acceptors (Lipinski definition) is 3. The summed E-state index contributed by atoms with van der Waals surface area (Å²) in [5.74, 6) is -0.509. The average Bonchev–Trinajstić information content (AvgIpc) is 2.65. The van der Waals surface area contributed by atoms with E-state index >= 15 is 0 Å². The minimum atomic E-state index is -1.08. The Kier molecular flexibility index (Phi) is 4.50. The Balaban J connectivity index is 1.94. The van der Waals surface area contributed by atoms with Gasteiger partial charge in [0.1, 0.15) is 5.82 Å². The lowest BCUT2D eigenvalue weighted by atomic mass is 10.0. The van der Waals surface area contributed by atoms with Crippen molar-refractivity contribution in [1.29, 1.82) is 0 Å². The molecule has 1 aliphatic rings. The summed E-state index contributed by atoms with van der Waals surface area (Å²) in [4.78, 5) is 28.8. The van der Waals surface area contributed by atoms with Crippen molar-refractivity contribution in [2.75, 3.05) is 0 Å². The van der Waals surface area contributed by atoms with Crippen molar-refractivity contribution in [3.05, 3.63) is 73.7 Å². The molecule has 2 aromatic carbocycles. The number of fused-ring (bicyclic) bond motifs is 2. The van der Waals surface area contributed by atoms with Gasteiger partial charge < -0.3 is 5.11 Å². The molecule has 0 saturated heterocycles. The monoisotopic (exact) mass is 400 g/mol. The maximum absolute atomic E-state index is 12.9. The van der Waals surface area contributed by atoms with Gasteiger partial charge in [0.15, 0.2) is 0 Å². The quantitative estimate of drug-likeness (QED) is 0.674. The van der Waals surface area contributed by atoms with Crippen LogP contribution in [-0.4, -0.2) is 20.6 Å². The fourth-order valence-electron chi connectivity index (χ4n) is 3.31. The van der Waals surface area contributed by atoms with Gasteiger partial charge in [0, 0.05) is 22.2 Å². The van der Waals surface area contributed by atoms with Gasteiger partial charge in [0.25, 0.3) is 5.56 Å². The number of carboxylic acids is 1. The van der Waals surface area contributed by atoms with E-state index in [-0.39, 0.29) is 11.1 Å². The molecule has 7 heteroatoms. The molecule has 0 fully saturated rings. The molecule has 0 spiro atoms. The number of allylic oxidation sites excluding steroid dienone is 1. The predicted octanol–water partition coefficient (Wildman–Crippen LogP) is 4.74. The van der Waals surface area contributed by atoms with E-state index < -0.39 is 5.97 Å². The van der Waals surface area contributed by atoms with E-state index in [0.717, 1.165) is 18.4 Å². The Labute approximate surface area is 164 Å². The summed E-state index contributed by atoms with van der Waals surface area (Å²) in [5, 5.41) is 10.5. The second kappa shape index (κ2) is 6.83. The fourth-order valence-corrected chi connectivity index (χ4v) is 3.81. The van der Waals surface area contributed by atoms with Crippen LogP contribution in [0.1, 0.15) is 34.6 Å². The molecule has 27 heavy (non-hydrogen) atoms. The molecule has 0 unspecified atom stereocenters. The van der Waals surface area contributed by atoms with Crippen molar-refractivity contribution >= 4 is 51.7 Å². The van der Waals surface area contributed by atoms with Gasteiger partial charge in [-0.1, -0.05) is 29.3 Å². The molecule has 2 heterocycles. The third-order valence-corrected chi connectivity index (χ3v) is 5.29. The number of nitrogens with zero attached hydrogens (tertiary/aromatic N) is 2. The number of carbonyl (C=O) groups is 1. The Bertz CT molecular complexity index is 1160. The second-order valence-electron chi connectivity index (χ2n) is 6.34. The van der Waals surface area contributed by atoms with Crippen molar-refractivity contribution in [1.82, 2.24) is 9.55 Å². The first-order valence-corrected chi connectivity index (χ1v) is 9.14. The maximum Gasteiger partial charge on any atom is 0.335 e. The molecule has 0 bridgehead atoms. The van der Waals surface area contributed by atoms with Crippen LogP contribution in [0.5, 0.6) is 0 Å². The van der Waals surface area contributed by atoms with E-state index in [9.17, 15) is 9.59 Å². The van der Waals surface area contributed by atoms with Gasteiger partial charge in [0.05, 0.1) is 16.5 Å². The molecule has 1 aliphatic heterocycles. The molecule has 0 amide bonds. The largest absolute Gasteiger partial charge is 0.478 e. The summed E-state index contributed by atoms with van der Waals surface area (Å²) in [7, 11) is 0. The number of aromatic carboxylic acids is 1. The van der Waals surface area contributed by atoms with Gasteiger partial charge in [-0.05, 0) is 54.8 Å². The number of rotatable bonds is 2. The van der Waals surface area contributed by atoms with E-state index in [1.165, 1.54) is 12.1 Å². The standard InChI is InChI=1S/C20H14Cl2N2O3/c21-15-4-1-5-16(22)13(15)9-11-3-2-8-24-18(11)23-17-7-6-12(20(26)27)10-14(17)19(24)25/h1,4-7,9-10H,2-3,8H2,(H,26,27)/b11-9+. The van der Waals surface area contributed by atoms with Gasteiger partial charge >= 0.3 is 5.97 Å². The van der Waals surface area contributed by atoms with Crippen molar-refractivity contribution < 1.29 is 9.90 Å². The molecule has 5 nitrogen and oxygen atoms in total. The van der Waals surface area contributed by atoms with Crippen LogP contribution in [0.4, 0.5) is 0 Å². The third-order valence-electron chi connectivity index (χ3n) is 4.63. The first kappa shape index (κ1) is 17.8. The van der Waals surface area contributed by atoms with Gasteiger partial charge in [-0.2, -0.15) is 0 Å². The number of benzene rings is 2. The highest BCUT2D eigenvalue weighted by molar-refractivity contribution is 6.37. The summed E-state index contributed by atoms with van der Waals surface area (Å²) >= 11 is 12.6. The van der Waals surface area contributed by atoms with Crippen LogP contribution in [0, 0.1) is 0 Å². The lowest BCUT2D eigenvalue weighted by molar-refractivity contribution is 0.0697. The predicted molar refractivity (Wildman–Crippen MR) is 107 cm³/mol. The normalized spacial score (nSPS) is 15.1. The summed E-state index contributed by atoms with van der Waals surface area (Å²) < 4.78 is 1.59. The minimum absolute atomic E-state index is 0.0661. The van der Waals surface area contributed by atoms with Crippen LogP contribution in [-0.2, 0) is 6.54 Å². The molecule has 1 N–H and O–H groups in total. The van der Waals surface area contributed by atoms with Crippen molar-refractivity contribution in [2.45, 2.75) is 19.4 Å². The molecular formula is C20H14Cl2N2O3. The van der Waals surface area contributed by atoms with Crippen molar-refractivity contribution in [3.63, 3.8) is 0 Å². The number of carboxylic acid groups (broad SMARTS) is 1. The highest BCUT2D eigenvalue weighted by Crippen LogP contribution is 2.32. The lowest BCUT2D eigenvalue weighted by Gasteiger charge is -2.21. The van der Waals surface area contributed by atoms with Gasteiger partial charge in [-0.3, -0.25) is 9.36 Å². The van der Waals surface area contributed by atoms with Gasteiger partial charge in [-0.15, -0.1) is 0 Å². The number of aromatic nitrogens is 2. The molecule has 3 aromatic rings. The average molecular weight is 401 g/mol. The molecule has 0 saturated carbocycles. The highest BCUT2D eigenvalue weighted by Gasteiger charge is 2.20. The lowest BCUT2D eigenvalue weighted by Crippen LogP contribution is -2.28. The van der Waals surface area contributed by atoms with Gasteiger partial charge in [-0.25, -0.2) is 9.78 Å². The SMILES string of the molecule is O=C(O)c1ccc2nc3n(c(=O)c2c1)CCC/C3=C\c1c(Cl)cccc1Cl. The Morgan fingerprint density at radius 2 is 1.93 bits per heavy atom. The molecule has 4 rings (SSSR count). The third kappa shape index (κ3) is 3.13. The van der Waals surface area contributed by atoms with E-state index in [1.807, 2.05) is 6.08 Å². The smallest absolute Gasteiger partial charge is 0.335 e. The zero-order chi connectivity index (χ0) is 19.1. The molecule has 0 radical (unpaired) electrons. The Morgan fingerprint density at radius 3 is 2.63 bits per heavy atom. The highest BCUT2D eigenvalue weighted by atomic mass is 35.5. The summed E-state index contributed by atoms with van der Waals surface area (Å²) in [6.07, 6.45) is 3.39. The van der Waals surface area contributed by atoms with Crippen LogP contribution < -0.4 is 5.56 Å². The van der Waals surface area contributed by atoms with Crippen molar-refractivity contribution in [3.8, 4) is 0 Å². The van der Waals surface area contributed by atoms with E-state index in [2.05, 4.69) is 4.98 Å². The zero-order valence-corrected chi connectivity index (χ0v) is 15.6. The van der Waals surface area contributed by atoms with Crippen LogP contribution in [0.15, 0.2) is 41.2 Å². The molecule has 0 atom stereocenters. The maximum atomic E-state index is 12.9. The second-order valence-corrected chi connectivity index (χ2v) is 7.15. The van der Waals surface area contributed by atoms with E-state index in [4.69, 9.17) is 28.3 Å². The first-order chi connectivity index (χ1) is 13.0. The summed E-state index contributed by atoms with van der Waals surface area (Å²) in [5.41, 5.74) is 1.86. The van der Waals surface area contributed by atoms with Crippen molar-refractivity contribution in [2.24, 2.45) is 0 Å². The summed E-state index contributed by atoms with van der Waals surface area (Å²) in [6.45, 7) is 0.530. The fraction of sp³-hybridized carbons (Fsp3) is 0.150. The van der Waals surface area contributed by atoms with Crippen LogP contribution >= 0.6 is 23.2 Å². The van der Waals surface area contributed by atoms with Crippen LogP contribution in [0.2, 0.25) is 10.0 Å². The van der Waals surface area contributed by atoms with E-state index in [1.54, 1.807) is 28.8 Å². The number of halogens is 2. The van der Waals surface area contributed by atoms with Crippen LogP contribution in [0.3, 0.4) is 0 Å². The first-order valence-electron chi connectivity index (χ1n) is 8.38. The van der Waals surface area contributed by atoms with Crippen LogP contribution in [0.25, 0.3) is 22.6 Å². The molecule has 1 aromatic heterocycles. The number of hydrogen-bond donors (Lipinski definition) is 1. The Hall–Kier alpha value is -2.63. The summed E-state index contributed by atoms with van der Waals surface area (Å²) in [6, 6.07) is 9.69. The zero-order valence-electron chi connectivity index (χ0n) is 14.1. The molecular weight excluding hydrogens is 387 g/mol. The Morgan fingerprint density at radius 1 is 1.19 bits per heavy atom.